The van der Waals surface area contributed by atoms with Crippen molar-refractivity contribution in [3.63, 3.8) is 0 Å². The van der Waals surface area contributed by atoms with Crippen LogP contribution in [0.2, 0.25) is 0 Å². The van der Waals surface area contributed by atoms with Crippen LogP contribution in [0.3, 0.4) is 0 Å². The maximum atomic E-state index is 11.5. The van der Waals surface area contributed by atoms with Gasteiger partial charge in [-0.3, -0.25) is 9.58 Å². The maximum absolute atomic E-state index is 11.5. The third-order valence-electron chi connectivity index (χ3n) is 3.40. The molecule has 0 radical (unpaired) electrons. The summed E-state index contributed by atoms with van der Waals surface area (Å²) in [5.41, 5.74) is 1.01. The molecule has 6 nitrogen and oxygen atoms in total. The van der Waals surface area contributed by atoms with Crippen molar-refractivity contribution in [2.75, 3.05) is 26.4 Å². The molecule has 0 aliphatic carbocycles. The Labute approximate surface area is 108 Å². The molecular formula is C11H20N4O2S. The van der Waals surface area contributed by atoms with Gasteiger partial charge in [0.2, 0.25) is 10.0 Å². The summed E-state index contributed by atoms with van der Waals surface area (Å²) in [4.78, 5) is 2.17. The third-order valence-corrected chi connectivity index (χ3v) is 4.67. The summed E-state index contributed by atoms with van der Waals surface area (Å²) in [6.07, 6.45) is 4.07. The zero-order chi connectivity index (χ0) is 13.3. The number of sulfonamides is 1. The number of hydrogen-bond acceptors (Lipinski definition) is 4. The minimum absolute atomic E-state index is 0.279. The van der Waals surface area contributed by atoms with Crippen LogP contribution in [-0.4, -0.2) is 59.8 Å². The van der Waals surface area contributed by atoms with Gasteiger partial charge in [-0.05, 0) is 19.5 Å². The van der Waals surface area contributed by atoms with Crippen LogP contribution in [0, 0.1) is 0 Å². The molecule has 0 spiro atoms. The smallest absolute Gasteiger partial charge is 0.211 e. The molecule has 1 aromatic rings. The first-order chi connectivity index (χ1) is 8.36. The number of aromatic nitrogens is 2. The first-order valence-corrected chi connectivity index (χ1v) is 7.85. The van der Waals surface area contributed by atoms with Crippen molar-refractivity contribution in [2.24, 2.45) is 7.05 Å². The van der Waals surface area contributed by atoms with Crippen molar-refractivity contribution in [2.45, 2.75) is 19.0 Å². The average molecular weight is 272 g/mol. The predicted octanol–water partition coefficient (Wildman–Crippen LogP) is -0.114. The van der Waals surface area contributed by atoms with Gasteiger partial charge in [-0.15, -0.1) is 0 Å². The third kappa shape index (κ3) is 3.09. The second-order valence-electron chi connectivity index (χ2n) is 4.96. The normalized spacial score (nSPS) is 21.9. The highest BCUT2D eigenvalue weighted by Crippen LogP contribution is 2.18. The van der Waals surface area contributed by atoms with E-state index >= 15 is 0 Å². The lowest BCUT2D eigenvalue weighted by atomic mass is 10.2. The minimum atomic E-state index is -3.05. The van der Waals surface area contributed by atoms with Crippen LogP contribution < -0.4 is 0 Å². The standard InChI is InChI=1S/C11H20N4O2S/c1-13(8-10-4-6-14(2)12-10)11-5-7-15(9-11)18(3,16)17/h4,6,11H,5,7-9H2,1-3H3. The zero-order valence-corrected chi connectivity index (χ0v) is 11.9. The zero-order valence-electron chi connectivity index (χ0n) is 11.1. The average Bonchev–Trinajstić information content (AvgIpc) is 2.85. The predicted molar refractivity (Wildman–Crippen MR) is 69.5 cm³/mol. The quantitative estimate of drug-likeness (QED) is 0.767. The van der Waals surface area contributed by atoms with Crippen LogP contribution in [0.25, 0.3) is 0 Å². The van der Waals surface area contributed by atoms with Gasteiger partial charge in [0.25, 0.3) is 0 Å². The van der Waals surface area contributed by atoms with Gasteiger partial charge in [0.1, 0.15) is 0 Å². The molecule has 0 aromatic carbocycles. The SMILES string of the molecule is CN(Cc1ccn(C)n1)C1CCN(S(C)(=O)=O)C1. The van der Waals surface area contributed by atoms with Crippen molar-refractivity contribution in [3.8, 4) is 0 Å². The van der Waals surface area contributed by atoms with Crippen molar-refractivity contribution in [3.05, 3.63) is 18.0 Å². The molecule has 1 aromatic heterocycles. The van der Waals surface area contributed by atoms with Gasteiger partial charge >= 0.3 is 0 Å². The van der Waals surface area contributed by atoms with E-state index in [0.717, 1.165) is 18.7 Å². The summed E-state index contributed by atoms with van der Waals surface area (Å²) in [6, 6.07) is 2.27. The van der Waals surface area contributed by atoms with Crippen molar-refractivity contribution < 1.29 is 8.42 Å². The van der Waals surface area contributed by atoms with E-state index in [9.17, 15) is 8.42 Å². The van der Waals surface area contributed by atoms with Crippen LogP contribution in [0.5, 0.6) is 0 Å². The highest BCUT2D eigenvalue weighted by Gasteiger charge is 2.30. The first kappa shape index (κ1) is 13.5. The van der Waals surface area contributed by atoms with Gasteiger partial charge in [-0.2, -0.15) is 5.10 Å². The van der Waals surface area contributed by atoms with E-state index in [2.05, 4.69) is 10.00 Å². The molecule has 18 heavy (non-hydrogen) atoms. The van der Waals surface area contributed by atoms with Gasteiger partial charge in [0, 0.05) is 38.9 Å². The second kappa shape index (κ2) is 4.99. The molecule has 1 fully saturated rings. The van der Waals surface area contributed by atoms with Crippen LogP contribution >= 0.6 is 0 Å². The fourth-order valence-corrected chi connectivity index (χ4v) is 3.18. The number of nitrogens with zero attached hydrogens (tertiary/aromatic N) is 4. The van der Waals surface area contributed by atoms with E-state index in [1.165, 1.54) is 6.26 Å². The molecule has 7 heteroatoms. The van der Waals surface area contributed by atoms with Gasteiger partial charge in [0.05, 0.1) is 11.9 Å². The molecule has 2 heterocycles. The summed E-state index contributed by atoms with van der Waals surface area (Å²) in [5.74, 6) is 0. The summed E-state index contributed by atoms with van der Waals surface area (Å²) >= 11 is 0. The Morgan fingerprint density at radius 3 is 2.78 bits per heavy atom. The molecule has 0 bridgehead atoms. The summed E-state index contributed by atoms with van der Waals surface area (Å²) in [5, 5.41) is 4.33. The fraction of sp³-hybridized carbons (Fsp3) is 0.727. The van der Waals surface area contributed by atoms with E-state index < -0.39 is 10.0 Å². The number of likely N-dealkylation sites (N-methyl/N-ethyl adjacent to an activating group) is 1. The van der Waals surface area contributed by atoms with Crippen LogP contribution in [0.4, 0.5) is 0 Å². The summed E-state index contributed by atoms with van der Waals surface area (Å²) in [7, 11) is 0.861. The monoisotopic (exact) mass is 272 g/mol. The first-order valence-electron chi connectivity index (χ1n) is 6.00. The maximum Gasteiger partial charge on any atom is 0.211 e. The molecular weight excluding hydrogens is 252 g/mol. The number of aryl methyl sites for hydroxylation is 1. The second-order valence-corrected chi connectivity index (χ2v) is 6.94. The van der Waals surface area contributed by atoms with E-state index in [0.29, 0.717) is 13.1 Å². The van der Waals surface area contributed by atoms with E-state index in [1.54, 1.807) is 8.99 Å². The highest BCUT2D eigenvalue weighted by atomic mass is 32.2. The van der Waals surface area contributed by atoms with E-state index in [4.69, 9.17) is 0 Å². The van der Waals surface area contributed by atoms with Gasteiger partial charge < -0.3 is 0 Å². The summed E-state index contributed by atoms with van der Waals surface area (Å²) in [6.45, 7) is 1.96. The topological polar surface area (TPSA) is 58.4 Å². The van der Waals surface area contributed by atoms with Gasteiger partial charge in [0.15, 0.2) is 0 Å². The molecule has 102 valence electrons. The molecule has 1 saturated heterocycles. The van der Waals surface area contributed by atoms with Gasteiger partial charge in [-0.25, -0.2) is 12.7 Å². The van der Waals surface area contributed by atoms with E-state index in [-0.39, 0.29) is 6.04 Å². The molecule has 1 aliphatic rings. The Kier molecular flexibility index (Phi) is 3.74. The molecule has 1 unspecified atom stereocenters. The molecule has 2 rings (SSSR count). The number of rotatable bonds is 4. The molecule has 1 aliphatic heterocycles. The molecule has 0 amide bonds. The largest absolute Gasteiger partial charge is 0.296 e. The number of hydrogen-bond donors (Lipinski definition) is 0. The Hall–Kier alpha value is -0.920. The van der Waals surface area contributed by atoms with Crippen LogP contribution in [0.1, 0.15) is 12.1 Å². The summed E-state index contributed by atoms with van der Waals surface area (Å²) < 4.78 is 26.2. The molecule has 0 saturated carbocycles. The van der Waals surface area contributed by atoms with Crippen LogP contribution in [-0.2, 0) is 23.6 Å². The lowest BCUT2D eigenvalue weighted by molar-refractivity contribution is 0.238. The lowest BCUT2D eigenvalue weighted by Crippen LogP contribution is -2.35. The minimum Gasteiger partial charge on any atom is -0.296 e. The Morgan fingerprint density at radius 1 is 1.56 bits per heavy atom. The fourth-order valence-electron chi connectivity index (χ4n) is 2.30. The highest BCUT2D eigenvalue weighted by molar-refractivity contribution is 7.88. The lowest BCUT2D eigenvalue weighted by Gasteiger charge is -2.23. The van der Waals surface area contributed by atoms with E-state index in [1.807, 2.05) is 26.4 Å². The molecule has 1 atom stereocenters. The van der Waals surface area contributed by atoms with Crippen molar-refractivity contribution >= 4 is 10.0 Å². The Morgan fingerprint density at radius 2 is 2.28 bits per heavy atom. The molecule has 0 N–H and O–H groups in total. The van der Waals surface area contributed by atoms with Crippen molar-refractivity contribution in [1.82, 2.24) is 19.0 Å². The van der Waals surface area contributed by atoms with Gasteiger partial charge in [-0.1, -0.05) is 0 Å². The van der Waals surface area contributed by atoms with Crippen molar-refractivity contribution in [1.29, 1.82) is 0 Å². The van der Waals surface area contributed by atoms with Crippen LogP contribution in [0.15, 0.2) is 12.3 Å². The Balaban J connectivity index is 1.93. The Bertz CT molecular complexity index is 511.